The van der Waals surface area contributed by atoms with E-state index in [4.69, 9.17) is 12.2 Å². The lowest BCUT2D eigenvalue weighted by Gasteiger charge is -2.32. The number of Topliss-reactive ketones (excluding diaryl/α,β-unsaturated/α-hetero) is 1. The van der Waals surface area contributed by atoms with Crippen LogP contribution in [0.25, 0.3) is 6.08 Å². The summed E-state index contributed by atoms with van der Waals surface area (Å²) in [4.78, 5) is 27.0. The second kappa shape index (κ2) is 6.81. The molecule has 0 bridgehead atoms. The van der Waals surface area contributed by atoms with Gasteiger partial charge < -0.3 is 4.90 Å². The van der Waals surface area contributed by atoms with Crippen molar-refractivity contribution in [3.63, 3.8) is 0 Å². The SMILES string of the molecule is CCC1C(=O)C(=Cc2cc(Br)sc2Br)C(=O)N(CC)C1=S. The van der Waals surface area contributed by atoms with Gasteiger partial charge in [-0.25, -0.2) is 0 Å². The molecule has 1 aliphatic rings. The van der Waals surface area contributed by atoms with Gasteiger partial charge in [-0.15, -0.1) is 11.3 Å². The molecule has 7 heteroatoms. The van der Waals surface area contributed by atoms with Crippen LogP contribution >= 0.6 is 55.4 Å². The first-order valence-electron chi connectivity index (χ1n) is 6.47. The quantitative estimate of drug-likeness (QED) is 0.388. The van der Waals surface area contributed by atoms with Crippen molar-refractivity contribution in [3.05, 3.63) is 24.8 Å². The Morgan fingerprint density at radius 1 is 1.38 bits per heavy atom. The number of thiocarbonyl (C=S) groups is 1. The van der Waals surface area contributed by atoms with Gasteiger partial charge in [-0.3, -0.25) is 9.59 Å². The van der Waals surface area contributed by atoms with Gasteiger partial charge in [-0.05, 0) is 57.3 Å². The minimum absolute atomic E-state index is 0.175. The van der Waals surface area contributed by atoms with E-state index in [0.717, 1.165) is 13.1 Å². The molecule has 0 aliphatic carbocycles. The van der Waals surface area contributed by atoms with Gasteiger partial charge in [0.25, 0.3) is 5.91 Å². The first kappa shape index (κ1) is 17.0. The monoisotopic (exact) mass is 449 g/mol. The molecule has 1 aromatic heterocycles. The fourth-order valence-corrected chi connectivity index (χ4v) is 5.45. The van der Waals surface area contributed by atoms with Crippen LogP contribution < -0.4 is 0 Å². The normalized spacial score (nSPS) is 21.5. The molecule has 1 saturated heterocycles. The average Bonchev–Trinajstić information content (AvgIpc) is 2.74. The highest BCUT2D eigenvalue weighted by molar-refractivity contribution is 9.12. The number of carbonyl (C=O) groups is 2. The molecule has 112 valence electrons. The number of thiophene rings is 1. The van der Waals surface area contributed by atoms with Gasteiger partial charge >= 0.3 is 0 Å². The first-order valence-corrected chi connectivity index (χ1v) is 9.28. The Morgan fingerprint density at radius 3 is 2.52 bits per heavy atom. The summed E-state index contributed by atoms with van der Waals surface area (Å²) >= 11 is 13.6. The van der Waals surface area contributed by atoms with Crippen LogP contribution in [-0.2, 0) is 9.59 Å². The van der Waals surface area contributed by atoms with E-state index in [9.17, 15) is 9.59 Å². The number of ketones is 1. The van der Waals surface area contributed by atoms with Crippen molar-refractivity contribution < 1.29 is 9.59 Å². The molecule has 0 N–H and O–H groups in total. The molecule has 1 fully saturated rings. The van der Waals surface area contributed by atoms with Gasteiger partial charge in [0.15, 0.2) is 5.78 Å². The number of hydrogen-bond acceptors (Lipinski definition) is 4. The van der Waals surface area contributed by atoms with Gasteiger partial charge in [-0.2, -0.15) is 0 Å². The lowest BCUT2D eigenvalue weighted by Crippen LogP contribution is -2.49. The molecule has 3 nitrogen and oxygen atoms in total. The van der Waals surface area contributed by atoms with Gasteiger partial charge in [0.2, 0.25) is 0 Å². The van der Waals surface area contributed by atoms with E-state index in [0.29, 0.717) is 18.0 Å². The minimum Gasteiger partial charge on any atom is -0.302 e. The van der Waals surface area contributed by atoms with E-state index in [1.54, 1.807) is 6.08 Å². The summed E-state index contributed by atoms with van der Waals surface area (Å²) in [6, 6.07) is 1.88. The Hall–Kier alpha value is -0.370. The maximum atomic E-state index is 12.5. The number of likely N-dealkylation sites (N-methyl/N-ethyl adjacent to an activating group) is 1. The highest BCUT2D eigenvalue weighted by Gasteiger charge is 2.39. The predicted molar refractivity (Wildman–Crippen MR) is 96.5 cm³/mol. The summed E-state index contributed by atoms with van der Waals surface area (Å²) in [6.07, 6.45) is 2.26. The number of halogens is 2. The molecule has 1 unspecified atom stereocenters. The Kier molecular flexibility index (Phi) is 5.51. The molecule has 21 heavy (non-hydrogen) atoms. The molecule has 0 aromatic carbocycles. The molecular weight excluding hydrogens is 438 g/mol. The first-order chi connectivity index (χ1) is 9.90. The smallest absolute Gasteiger partial charge is 0.262 e. The molecule has 0 saturated carbocycles. The van der Waals surface area contributed by atoms with Crippen molar-refractivity contribution in [3.8, 4) is 0 Å². The molecule has 2 heterocycles. The second-order valence-corrected chi connectivity index (χ2v) is 8.72. The van der Waals surface area contributed by atoms with Gasteiger partial charge in [0.1, 0.15) is 0 Å². The maximum absolute atomic E-state index is 12.5. The van der Waals surface area contributed by atoms with Crippen LogP contribution in [0.5, 0.6) is 0 Å². The molecule has 0 radical (unpaired) electrons. The Labute approximate surface area is 149 Å². The van der Waals surface area contributed by atoms with Gasteiger partial charge in [0.05, 0.1) is 24.1 Å². The highest BCUT2D eigenvalue weighted by atomic mass is 79.9. The average molecular weight is 451 g/mol. The third-order valence-corrected chi connectivity index (χ3v) is 6.22. The second-order valence-electron chi connectivity index (χ2n) is 4.55. The van der Waals surface area contributed by atoms with Crippen molar-refractivity contribution in [2.45, 2.75) is 20.3 Å². The van der Waals surface area contributed by atoms with E-state index in [2.05, 4.69) is 31.9 Å². The molecule has 1 aromatic rings. The zero-order chi connectivity index (χ0) is 15.7. The summed E-state index contributed by atoms with van der Waals surface area (Å²) < 4.78 is 1.82. The molecule has 2 rings (SSSR count). The number of piperidine rings is 1. The standard InChI is InChI=1S/C14H13Br2NO2S2/c1-3-8-11(18)9(13(19)17(4-2)14(8)20)5-7-6-10(15)21-12(7)16/h5-6,8H,3-4H2,1-2H3. The summed E-state index contributed by atoms with van der Waals surface area (Å²) in [5.74, 6) is -0.859. The Balaban J connectivity index is 2.50. The predicted octanol–water partition coefficient (Wildman–Crippen LogP) is 4.44. The summed E-state index contributed by atoms with van der Waals surface area (Å²) in [6.45, 7) is 4.25. The molecule has 1 atom stereocenters. The van der Waals surface area contributed by atoms with Crippen molar-refractivity contribution in [2.24, 2.45) is 5.92 Å². The Morgan fingerprint density at radius 2 is 2.05 bits per heavy atom. The topological polar surface area (TPSA) is 37.4 Å². The van der Waals surface area contributed by atoms with Crippen molar-refractivity contribution in [1.29, 1.82) is 0 Å². The number of nitrogens with zero attached hydrogens (tertiary/aromatic N) is 1. The summed E-state index contributed by atoms with van der Waals surface area (Å²) in [5.41, 5.74) is 1.03. The maximum Gasteiger partial charge on any atom is 0.262 e. The number of likely N-dealkylation sites (tertiary alicyclic amines) is 1. The third kappa shape index (κ3) is 3.21. The van der Waals surface area contributed by atoms with E-state index in [1.807, 2.05) is 19.9 Å². The molecule has 1 aliphatic heterocycles. The zero-order valence-corrected chi connectivity index (χ0v) is 16.3. The molecule has 0 spiro atoms. The highest BCUT2D eigenvalue weighted by Crippen LogP contribution is 2.34. The largest absolute Gasteiger partial charge is 0.302 e. The van der Waals surface area contributed by atoms with Gasteiger partial charge in [-0.1, -0.05) is 19.1 Å². The number of hydrogen-bond donors (Lipinski definition) is 0. The van der Waals surface area contributed by atoms with Crippen LogP contribution in [0, 0.1) is 5.92 Å². The lowest BCUT2D eigenvalue weighted by atomic mass is 9.88. The fourth-order valence-electron chi connectivity index (χ4n) is 2.24. The molecule has 1 amide bonds. The van der Waals surface area contributed by atoms with Crippen molar-refractivity contribution in [2.75, 3.05) is 6.54 Å². The van der Waals surface area contributed by atoms with Crippen LogP contribution in [0.2, 0.25) is 0 Å². The number of rotatable bonds is 3. The van der Waals surface area contributed by atoms with Gasteiger partial charge in [0, 0.05) is 12.1 Å². The molecular formula is C14H13Br2NO2S2. The van der Waals surface area contributed by atoms with Crippen LogP contribution in [-0.4, -0.2) is 28.1 Å². The summed E-state index contributed by atoms with van der Waals surface area (Å²) in [7, 11) is 0. The Bertz CT molecular complexity index is 623. The van der Waals surface area contributed by atoms with Crippen LogP contribution in [0.3, 0.4) is 0 Å². The van der Waals surface area contributed by atoms with E-state index in [1.165, 1.54) is 16.2 Å². The third-order valence-electron chi connectivity index (χ3n) is 3.33. The van der Waals surface area contributed by atoms with E-state index < -0.39 is 0 Å². The summed E-state index contributed by atoms with van der Waals surface area (Å²) in [5, 5.41) is 0. The number of carbonyl (C=O) groups excluding carboxylic acids is 2. The number of amides is 1. The zero-order valence-electron chi connectivity index (χ0n) is 11.5. The fraction of sp³-hybridized carbons (Fsp3) is 0.357. The van der Waals surface area contributed by atoms with Crippen LogP contribution in [0.4, 0.5) is 0 Å². The van der Waals surface area contributed by atoms with Crippen molar-refractivity contribution in [1.82, 2.24) is 4.90 Å². The lowest BCUT2D eigenvalue weighted by molar-refractivity contribution is -0.129. The van der Waals surface area contributed by atoms with Crippen LogP contribution in [0.1, 0.15) is 25.8 Å². The van der Waals surface area contributed by atoms with E-state index in [-0.39, 0.29) is 23.2 Å². The van der Waals surface area contributed by atoms with Crippen molar-refractivity contribution >= 4 is 78.2 Å². The van der Waals surface area contributed by atoms with E-state index >= 15 is 0 Å². The minimum atomic E-state index is -0.384. The van der Waals surface area contributed by atoms with Crippen LogP contribution in [0.15, 0.2) is 19.2 Å².